The summed E-state index contributed by atoms with van der Waals surface area (Å²) < 4.78 is 18.0. The molecule has 35 heavy (non-hydrogen) atoms. The predicted octanol–water partition coefficient (Wildman–Crippen LogP) is 5.34. The van der Waals surface area contributed by atoms with Gasteiger partial charge in [0.25, 0.3) is 0 Å². The molecule has 2 aromatic carbocycles. The van der Waals surface area contributed by atoms with Crippen molar-refractivity contribution in [1.82, 2.24) is 9.97 Å². The van der Waals surface area contributed by atoms with Crippen LogP contribution in [-0.4, -0.2) is 46.0 Å². The second-order valence-electron chi connectivity index (χ2n) is 8.19. The molecule has 2 N–H and O–H groups in total. The summed E-state index contributed by atoms with van der Waals surface area (Å²) in [6, 6.07) is 18.1. The lowest BCUT2D eigenvalue weighted by Crippen LogP contribution is -2.20. The Morgan fingerprint density at radius 1 is 1.00 bits per heavy atom. The highest BCUT2D eigenvalue weighted by molar-refractivity contribution is 6.03. The first-order valence-corrected chi connectivity index (χ1v) is 11.6. The first kappa shape index (κ1) is 24.2. The number of ether oxygens (including phenoxy) is 2. The van der Waals surface area contributed by atoms with E-state index >= 15 is 0 Å². The fourth-order valence-electron chi connectivity index (χ4n) is 4.16. The van der Waals surface area contributed by atoms with Gasteiger partial charge < -0.3 is 24.1 Å². The van der Waals surface area contributed by atoms with Gasteiger partial charge >= 0.3 is 5.97 Å². The molecule has 0 atom stereocenters. The number of rotatable bonds is 6. The van der Waals surface area contributed by atoms with E-state index in [1.807, 2.05) is 54.6 Å². The van der Waals surface area contributed by atoms with E-state index in [-0.39, 0.29) is 6.10 Å². The Morgan fingerprint density at radius 3 is 2.31 bits per heavy atom. The molecule has 0 saturated heterocycles. The number of fused-ring (bicyclic) bond motifs is 1. The van der Waals surface area contributed by atoms with Crippen LogP contribution in [-0.2, 0) is 4.79 Å². The quantitative estimate of drug-likeness (QED) is 0.383. The van der Waals surface area contributed by atoms with E-state index < -0.39 is 12.6 Å². The lowest BCUT2D eigenvalue weighted by Gasteiger charge is -2.22. The molecule has 0 aliphatic heterocycles. The Morgan fingerprint density at radius 2 is 1.69 bits per heavy atom. The fourth-order valence-corrected chi connectivity index (χ4v) is 4.16. The van der Waals surface area contributed by atoms with Gasteiger partial charge in [0.05, 0.1) is 7.11 Å². The highest BCUT2D eigenvalue weighted by atomic mass is 16.5. The molecule has 1 aliphatic rings. The molecule has 4 aromatic rings. The summed E-state index contributed by atoms with van der Waals surface area (Å²) in [4.78, 5) is 18.0. The number of hydrogen-bond acceptors (Lipinski definition) is 7. The standard InChI is InChI=1S/C25H24N2O3.C2H4O3/c1-28-19-14-12-17(13-15-19)21-22-24(29-20-10-6-3-7-11-20)26-16-27-25(22)30-23(21)18-8-4-2-5-9-18;3-1-2(4)5/h2,4-5,8-9,12-16,20H,3,6-7,10-11H2,1H3;3H,1H2,(H,4,5). The van der Waals surface area contributed by atoms with Crippen molar-refractivity contribution in [2.45, 2.75) is 38.2 Å². The van der Waals surface area contributed by atoms with Crippen molar-refractivity contribution in [3.63, 3.8) is 0 Å². The zero-order valence-corrected chi connectivity index (χ0v) is 19.5. The Balaban J connectivity index is 0.000000527. The van der Waals surface area contributed by atoms with E-state index in [0.717, 1.165) is 46.4 Å². The van der Waals surface area contributed by atoms with Crippen LogP contribution in [0.4, 0.5) is 0 Å². The third kappa shape index (κ3) is 5.78. The largest absolute Gasteiger partial charge is 0.497 e. The molecule has 2 heterocycles. The highest BCUT2D eigenvalue weighted by Gasteiger charge is 2.25. The Labute approximate surface area is 203 Å². The van der Waals surface area contributed by atoms with Gasteiger partial charge in [-0.15, -0.1) is 0 Å². The van der Waals surface area contributed by atoms with Crippen molar-refractivity contribution in [2.24, 2.45) is 0 Å². The molecule has 0 amide bonds. The monoisotopic (exact) mass is 476 g/mol. The predicted molar refractivity (Wildman–Crippen MR) is 131 cm³/mol. The Kier molecular flexibility index (Phi) is 7.95. The van der Waals surface area contributed by atoms with Gasteiger partial charge in [-0.05, 0) is 43.4 Å². The maximum Gasteiger partial charge on any atom is 0.329 e. The van der Waals surface area contributed by atoms with Crippen LogP contribution in [0.25, 0.3) is 33.6 Å². The molecular weight excluding hydrogens is 448 g/mol. The number of carbonyl (C=O) groups is 1. The van der Waals surface area contributed by atoms with E-state index in [1.54, 1.807) is 7.11 Å². The number of nitrogens with zero attached hydrogens (tertiary/aromatic N) is 2. The molecule has 0 bridgehead atoms. The summed E-state index contributed by atoms with van der Waals surface area (Å²) in [5, 5.41) is 15.8. The number of aliphatic carboxylic acids is 1. The number of aromatic nitrogens is 2. The summed E-state index contributed by atoms with van der Waals surface area (Å²) in [5.74, 6) is 0.987. The molecule has 1 aliphatic carbocycles. The maximum absolute atomic E-state index is 9.12. The highest BCUT2D eigenvalue weighted by Crippen LogP contribution is 2.44. The molecule has 182 valence electrons. The van der Waals surface area contributed by atoms with Crippen molar-refractivity contribution in [1.29, 1.82) is 0 Å². The molecular formula is C27H28N2O6. The molecule has 2 aromatic heterocycles. The van der Waals surface area contributed by atoms with Crippen molar-refractivity contribution in [2.75, 3.05) is 13.7 Å². The van der Waals surface area contributed by atoms with Crippen LogP contribution in [0.5, 0.6) is 11.6 Å². The average Bonchev–Trinajstić information content (AvgIpc) is 3.31. The van der Waals surface area contributed by atoms with Crippen LogP contribution in [0.2, 0.25) is 0 Å². The summed E-state index contributed by atoms with van der Waals surface area (Å²) in [6.07, 6.45) is 7.52. The minimum absolute atomic E-state index is 0.190. The normalized spacial score (nSPS) is 13.7. The summed E-state index contributed by atoms with van der Waals surface area (Å²) >= 11 is 0. The van der Waals surface area contributed by atoms with Crippen molar-refractivity contribution in [3.05, 3.63) is 60.9 Å². The van der Waals surface area contributed by atoms with Gasteiger partial charge in [-0.2, -0.15) is 0 Å². The van der Waals surface area contributed by atoms with Gasteiger partial charge in [0, 0.05) is 11.1 Å². The number of furan rings is 1. The second kappa shape index (κ2) is 11.5. The first-order valence-electron chi connectivity index (χ1n) is 11.6. The number of carboxylic acid groups (broad SMARTS) is 1. The summed E-state index contributed by atoms with van der Waals surface area (Å²) in [7, 11) is 1.67. The number of methoxy groups -OCH3 is 1. The number of benzene rings is 2. The Hall–Kier alpha value is -3.91. The van der Waals surface area contributed by atoms with Crippen LogP contribution >= 0.6 is 0 Å². The van der Waals surface area contributed by atoms with Gasteiger partial charge in [0.15, 0.2) is 0 Å². The van der Waals surface area contributed by atoms with Crippen LogP contribution < -0.4 is 9.47 Å². The van der Waals surface area contributed by atoms with E-state index in [9.17, 15) is 0 Å². The minimum atomic E-state index is -1.19. The number of aliphatic hydroxyl groups excluding tert-OH is 1. The second-order valence-corrected chi connectivity index (χ2v) is 8.19. The zero-order chi connectivity index (χ0) is 24.6. The Bertz CT molecular complexity index is 1250. The molecule has 1 fully saturated rings. The van der Waals surface area contributed by atoms with Crippen molar-refractivity contribution in [3.8, 4) is 34.1 Å². The minimum Gasteiger partial charge on any atom is -0.497 e. The first-order chi connectivity index (χ1) is 17.1. The van der Waals surface area contributed by atoms with E-state index in [4.69, 9.17) is 28.9 Å². The van der Waals surface area contributed by atoms with Gasteiger partial charge in [-0.3, -0.25) is 0 Å². The van der Waals surface area contributed by atoms with Crippen LogP contribution in [0.3, 0.4) is 0 Å². The molecule has 0 spiro atoms. The average molecular weight is 477 g/mol. The van der Waals surface area contributed by atoms with Crippen LogP contribution in [0, 0.1) is 0 Å². The van der Waals surface area contributed by atoms with Crippen LogP contribution in [0.1, 0.15) is 32.1 Å². The smallest absolute Gasteiger partial charge is 0.329 e. The van der Waals surface area contributed by atoms with Gasteiger partial charge in [0.2, 0.25) is 11.6 Å². The van der Waals surface area contributed by atoms with Crippen molar-refractivity contribution >= 4 is 17.1 Å². The topological polar surface area (TPSA) is 115 Å². The third-order valence-corrected chi connectivity index (χ3v) is 5.83. The van der Waals surface area contributed by atoms with Gasteiger partial charge in [-0.25, -0.2) is 14.8 Å². The zero-order valence-electron chi connectivity index (χ0n) is 19.5. The van der Waals surface area contributed by atoms with Gasteiger partial charge in [0.1, 0.15) is 35.9 Å². The lowest BCUT2D eigenvalue weighted by atomic mass is 9.97. The van der Waals surface area contributed by atoms with Crippen molar-refractivity contribution < 1.29 is 28.9 Å². The summed E-state index contributed by atoms with van der Waals surface area (Å²) in [5.41, 5.74) is 3.49. The van der Waals surface area contributed by atoms with Crippen LogP contribution in [0.15, 0.2) is 65.3 Å². The maximum atomic E-state index is 9.12. The van der Waals surface area contributed by atoms with E-state index in [0.29, 0.717) is 11.6 Å². The molecule has 8 nitrogen and oxygen atoms in total. The third-order valence-electron chi connectivity index (χ3n) is 5.83. The van der Waals surface area contributed by atoms with E-state index in [2.05, 4.69) is 9.97 Å². The lowest BCUT2D eigenvalue weighted by molar-refractivity contribution is -0.140. The fraction of sp³-hybridized carbons (Fsp3) is 0.296. The molecule has 0 unspecified atom stereocenters. The number of aliphatic hydroxyl groups is 1. The van der Waals surface area contributed by atoms with Gasteiger partial charge in [-0.1, -0.05) is 48.9 Å². The number of carboxylic acids is 1. The molecule has 5 rings (SSSR count). The molecule has 8 heteroatoms. The molecule has 1 saturated carbocycles. The van der Waals surface area contributed by atoms with E-state index in [1.165, 1.54) is 25.6 Å². The SMILES string of the molecule is COc1ccc(-c2c(-c3ccccc3)oc3ncnc(OC4CCCCC4)c23)cc1.O=C(O)CO. The molecule has 0 radical (unpaired) electrons. The number of hydrogen-bond donors (Lipinski definition) is 2. The summed E-state index contributed by atoms with van der Waals surface area (Å²) in [6.45, 7) is -0.778.